The Bertz CT molecular complexity index is 947. The summed E-state index contributed by atoms with van der Waals surface area (Å²) in [5, 5.41) is 10.4. The number of rotatable bonds is 4. The minimum absolute atomic E-state index is 0.107. The Morgan fingerprint density at radius 2 is 1.89 bits per heavy atom. The molecule has 1 saturated carbocycles. The van der Waals surface area contributed by atoms with Crippen molar-refractivity contribution < 1.29 is 14.3 Å². The fourth-order valence-electron chi connectivity index (χ4n) is 4.71. The summed E-state index contributed by atoms with van der Waals surface area (Å²) < 4.78 is 10.9. The minimum Gasteiger partial charge on any atom is -0.380 e. The number of carbonyl (C=O) groups excluding carboxylic acids is 1. The smallest absolute Gasteiger partial charge is 0.258 e. The van der Waals surface area contributed by atoms with Crippen LogP contribution < -0.4 is 20.7 Å². The van der Waals surface area contributed by atoms with Gasteiger partial charge in [-0.05, 0) is 61.3 Å². The number of thiol groups is 1. The number of ether oxygens (including phenoxy) is 2. The molecule has 9 heteroatoms. The van der Waals surface area contributed by atoms with Crippen LogP contribution >= 0.6 is 12.8 Å². The highest BCUT2D eigenvalue weighted by atomic mass is 32.1. The van der Waals surface area contributed by atoms with E-state index in [4.69, 9.17) is 9.47 Å². The van der Waals surface area contributed by atoms with Gasteiger partial charge in [-0.2, -0.15) is 0 Å². The maximum atomic E-state index is 13.4. The lowest BCUT2D eigenvalue weighted by molar-refractivity contribution is 0.00843. The van der Waals surface area contributed by atoms with E-state index in [9.17, 15) is 4.79 Å². The molecule has 4 aliphatic rings. The van der Waals surface area contributed by atoms with E-state index >= 15 is 0 Å². The Balaban J connectivity index is 0.000000907. The van der Waals surface area contributed by atoms with E-state index in [0.29, 0.717) is 42.5 Å². The molecule has 1 spiro atoms. The minimum atomic E-state index is -0.107. The fourth-order valence-corrected chi connectivity index (χ4v) is 4.71. The highest BCUT2D eigenvalue weighted by Gasteiger charge is 2.44. The van der Waals surface area contributed by atoms with Crippen LogP contribution in [0.5, 0.6) is 0 Å². The number of hydrogen-bond donors (Lipinski definition) is 4. The Hall–Kier alpha value is -2.33. The fraction of sp³-hybridized carbons (Fsp3) is 0.571. The van der Waals surface area contributed by atoms with Crippen LogP contribution in [0, 0.1) is 5.41 Å². The second-order valence-corrected chi connectivity index (χ2v) is 9.54. The van der Waals surface area contributed by atoms with Crippen molar-refractivity contribution in [2.45, 2.75) is 51.9 Å². The molecule has 204 valence electrons. The van der Waals surface area contributed by atoms with Gasteiger partial charge in [0.05, 0.1) is 44.9 Å². The monoisotopic (exact) mass is 529 g/mol. The molecular formula is C28H43N5O3S. The first-order valence-corrected chi connectivity index (χ1v) is 14.0. The van der Waals surface area contributed by atoms with Gasteiger partial charge in [-0.25, -0.2) is 0 Å². The summed E-state index contributed by atoms with van der Waals surface area (Å²) in [6, 6.07) is 6.29. The normalized spacial score (nSPS) is 23.1. The van der Waals surface area contributed by atoms with Gasteiger partial charge in [0.15, 0.2) is 0 Å². The van der Waals surface area contributed by atoms with Gasteiger partial charge in [-0.3, -0.25) is 14.9 Å². The number of hydrogen-bond acceptors (Lipinski definition) is 8. The van der Waals surface area contributed by atoms with Crippen molar-refractivity contribution in [3.63, 3.8) is 0 Å². The van der Waals surface area contributed by atoms with E-state index in [2.05, 4.69) is 50.6 Å². The van der Waals surface area contributed by atoms with E-state index in [1.54, 1.807) is 6.34 Å². The molecule has 1 aliphatic carbocycles. The van der Waals surface area contributed by atoms with E-state index in [1.807, 2.05) is 38.1 Å². The summed E-state index contributed by atoms with van der Waals surface area (Å²) >= 11 is 3.03. The van der Waals surface area contributed by atoms with Gasteiger partial charge in [0.2, 0.25) is 0 Å². The number of benzene rings is 1. The first-order valence-electron chi connectivity index (χ1n) is 13.5. The predicted octanol–water partition coefficient (Wildman–Crippen LogP) is 4.16. The first kappa shape index (κ1) is 29.2. The van der Waals surface area contributed by atoms with Crippen molar-refractivity contribution in [2.75, 3.05) is 51.0 Å². The molecule has 37 heavy (non-hydrogen) atoms. The molecule has 4 N–H and O–H groups in total. The van der Waals surface area contributed by atoms with Crippen LogP contribution in [0.4, 0.5) is 5.69 Å². The Morgan fingerprint density at radius 3 is 2.57 bits per heavy atom. The molecule has 1 amide bonds. The first-order chi connectivity index (χ1) is 18.2. The molecule has 3 heterocycles. The number of nitrogens with two attached hydrogens (primary N) is 1. The van der Waals surface area contributed by atoms with E-state index in [1.165, 1.54) is 31.2 Å². The van der Waals surface area contributed by atoms with Crippen molar-refractivity contribution in [1.82, 2.24) is 10.6 Å². The van der Waals surface area contributed by atoms with E-state index < -0.39 is 0 Å². The van der Waals surface area contributed by atoms with Crippen molar-refractivity contribution in [1.29, 1.82) is 0 Å². The lowest BCUT2D eigenvalue weighted by Gasteiger charge is -2.36. The third kappa shape index (κ3) is 8.33. The lowest BCUT2D eigenvalue weighted by atomic mass is 9.91. The molecule has 0 radical (unpaired) electrons. The molecule has 0 unspecified atom stereocenters. The summed E-state index contributed by atoms with van der Waals surface area (Å²) in [6.45, 7) is 9.42. The Kier molecular flexibility index (Phi) is 12.0. The van der Waals surface area contributed by atoms with Crippen LogP contribution in [0.3, 0.4) is 0 Å². The quantitative estimate of drug-likeness (QED) is 0.437. The molecule has 3 fully saturated rings. The number of carbonyl (C=O) groups is 1. The van der Waals surface area contributed by atoms with Crippen LogP contribution in [0.1, 0.15) is 67.8 Å². The largest absolute Gasteiger partial charge is 0.380 e. The molecule has 0 atom stereocenters. The number of nitrogens with one attached hydrogen (secondary N) is 2. The zero-order chi connectivity index (χ0) is 26.5. The van der Waals surface area contributed by atoms with E-state index in [0.717, 1.165) is 38.4 Å². The molecule has 1 aromatic rings. The van der Waals surface area contributed by atoms with Gasteiger partial charge in [-0.1, -0.05) is 32.1 Å². The molecule has 5 rings (SSSR count). The molecule has 1 aromatic carbocycles. The summed E-state index contributed by atoms with van der Waals surface area (Å²) in [6.07, 6.45) is 13.5. The maximum absolute atomic E-state index is 13.4. The van der Waals surface area contributed by atoms with Crippen molar-refractivity contribution in [2.24, 2.45) is 15.5 Å². The molecule has 8 nitrogen and oxygen atoms in total. The summed E-state index contributed by atoms with van der Waals surface area (Å²) in [7, 11) is 0. The maximum Gasteiger partial charge on any atom is 0.258 e. The highest BCUT2D eigenvalue weighted by Crippen LogP contribution is 2.54. The predicted molar refractivity (Wildman–Crippen MR) is 154 cm³/mol. The van der Waals surface area contributed by atoms with Gasteiger partial charge >= 0.3 is 0 Å². The number of amides is 1. The second-order valence-electron chi connectivity index (χ2n) is 9.54. The SMILES string of the molecule is CC.NS.O=C(N/C1=C/C=C\CCOCCN=CN1)c1ccc(C2COC2)cc1N1CCC2(CC1)CC2. The van der Waals surface area contributed by atoms with Gasteiger partial charge in [0.1, 0.15) is 5.82 Å². The topological polar surface area (TPSA) is 101 Å². The molecular weight excluding hydrogens is 486 g/mol. The zero-order valence-electron chi connectivity index (χ0n) is 22.2. The summed E-state index contributed by atoms with van der Waals surface area (Å²) in [5.41, 5.74) is 3.62. The third-order valence-electron chi connectivity index (χ3n) is 7.25. The molecule has 0 bridgehead atoms. The zero-order valence-corrected chi connectivity index (χ0v) is 23.1. The number of aliphatic imine (C=N–C) groups is 1. The molecule has 0 aromatic heterocycles. The average Bonchev–Trinajstić information content (AvgIpc) is 3.66. The molecule has 2 saturated heterocycles. The van der Waals surface area contributed by atoms with E-state index in [-0.39, 0.29) is 5.91 Å². The summed E-state index contributed by atoms with van der Waals surface area (Å²) in [4.78, 5) is 20.1. The lowest BCUT2D eigenvalue weighted by Crippen LogP contribution is -2.37. The van der Waals surface area contributed by atoms with Crippen molar-refractivity contribution in [3.05, 3.63) is 53.4 Å². The van der Waals surface area contributed by atoms with Crippen LogP contribution in [0.25, 0.3) is 0 Å². The van der Waals surface area contributed by atoms with Crippen molar-refractivity contribution in [3.8, 4) is 0 Å². The van der Waals surface area contributed by atoms with Crippen LogP contribution in [-0.4, -0.2) is 58.3 Å². The van der Waals surface area contributed by atoms with Crippen molar-refractivity contribution >= 4 is 30.7 Å². The van der Waals surface area contributed by atoms with Gasteiger partial charge in [0, 0.05) is 24.7 Å². The number of anilines is 1. The summed E-state index contributed by atoms with van der Waals surface area (Å²) in [5.74, 6) is 0.935. The van der Waals surface area contributed by atoms with Gasteiger partial charge in [-0.15, -0.1) is 12.8 Å². The van der Waals surface area contributed by atoms with Crippen LogP contribution in [-0.2, 0) is 9.47 Å². The van der Waals surface area contributed by atoms with Gasteiger partial charge < -0.3 is 25.0 Å². The van der Waals surface area contributed by atoms with Crippen LogP contribution in [0.2, 0.25) is 0 Å². The third-order valence-corrected chi connectivity index (χ3v) is 7.25. The highest BCUT2D eigenvalue weighted by molar-refractivity contribution is 7.77. The standard InChI is InChI=1S/C26H34N4O3.C2H6.H3NS/c31-25(29-24-4-2-1-3-14-32-15-11-27-19-28-24)22-6-5-20(21-17-33-18-21)16-23(22)30-12-9-26(7-8-26)10-13-30;2*1-2/h1-2,4-6,16,19,21H,3,7-15,17-18H2,(H,27,28)(H,29,31);1-2H3;2H,1H2/b2-1-,24-4+;;. The van der Waals surface area contributed by atoms with Crippen LogP contribution in [0.15, 0.2) is 47.2 Å². The Morgan fingerprint density at radius 1 is 1.14 bits per heavy atom. The second kappa shape index (κ2) is 15.2. The number of piperidine rings is 1. The number of allylic oxidation sites excluding steroid dienone is 2. The average molecular weight is 530 g/mol. The number of nitrogens with zero attached hydrogens (tertiary/aromatic N) is 2. The Labute approximate surface area is 227 Å². The molecule has 3 aliphatic heterocycles. The van der Waals surface area contributed by atoms with Gasteiger partial charge in [0.25, 0.3) is 5.91 Å².